The van der Waals surface area contributed by atoms with E-state index >= 15 is 0 Å². The maximum absolute atomic E-state index is 11.8. The van der Waals surface area contributed by atoms with E-state index in [1.54, 1.807) is 0 Å². The number of aliphatic hydroxyl groups is 2. The standard InChI is InChI=1S/C15H22O4/c1-14(2)5-4-6-15(3)9(14)7-8(16)10-11(15)13(18)19-12(10)17/h8-9,13,16,18H,4-7H2,1-3H3/t8-,9+,13+,15-/m0/s1. The SMILES string of the molecule is CC1(C)CCC[C@]2(C)C3=C(C(=O)O[C@H]3O)[C@@H](O)C[C@H]12. The van der Waals surface area contributed by atoms with E-state index in [0.29, 0.717) is 17.6 Å². The predicted octanol–water partition coefficient (Wildman–Crippen LogP) is 1.76. The Morgan fingerprint density at radius 1 is 1.21 bits per heavy atom. The van der Waals surface area contributed by atoms with Gasteiger partial charge >= 0.3 is 5.97 Å². The minimum atomic E-state index is -1.17. The van der Waals surface area contributed by atoms with Crippen LogP contribution < -0.4 is 0 Å². The normalized spacial score (nSPS) is 44.7. The van der Waals surface area contributed by atoms with Crippen molar-refractivity contribution in [3.05, 3.63) is 11.1 Å². The molecule has 4 heteroatoms. The van der Waals surface area contributed by atoms with Crippen LogP contribution in [-0.2, 0) is 9.53 Å². The van der Waals surface area contributed by atoms with Crippen LogP contribution in [0.4, 0.5) is 0 Å². The summed E-state index contributed by atoms with van der Waals surface area (Å²) in [5.74, 6) is -0.273. The zero-order valence-electron chi connectivity index (χ0n) is 11.8. The molecule has 3 rings (SSSR count). The minimum absolute atomic E-state index is 0.109. The summed E-state index contributed by atoms with van der Waals surface area (Å²) in [6.07, 6.45) is 1.76. The van der Waals surface area contributed by atoms with Crippen LogP contribution in [0, 0.1) is 16.7 Å². The largest absolute Gasteiger partial charge is 0.428 e. The van der Waals surface area contributed by atoms with Crippen molar-refractivity contribution in [3.63, 3.8) is 0 Å². The van der Waals surface area contributed by atoms with Crippen molar-refractivity contribution in [1.82, 2.24) is 0 Å². The highest BCUT2D eigenvalue weighted by molar-refractivity contribution is 5.93. The van der Waals surface area contributed by atoms with Crippen LogP contribution in [0.25, 0.3) is 0 Å². The average molecular weight is 266 g/mol. The second-order valence-corrected chi connectivity index (χ2v) is 7.15. The lowest BCUT2D eigenvalue weighted by Crippen LogP contribution is -2.49. The van der Waals surface area contributed by atoms with E-state index in [0.717, 1.165) is 19.3 Å². The quantitative estimate of drug-likeness (QED) is 0.656. The summed E-state index contributed by atoms with van der Waals surface area (Å²) in [4.78, 5) is 11.8. The molecule has 0 radical (unpaired) electrons. The van der Waals surface area contributed by atoms with Gasteiger partial charge in [0.05, 0.1) is 11.7 Å². The summed E-state index contributed by atoms with van der Waals surface area (Å²) in [5.41, 5.74) is 0.845. The molecule has 0 aromatic carbocycles. The molecule has 0 aromatic heterocycles. The maximum Gasteiger partial charge on any atom is 0.339 e. The van der Waals surface area contributed by atoms with Crippen LogP contribution >= 0.6 is 0 Å². The summed E-state index contributed by atoms with van der Waals surface area (Å²) in [7, 11) is 0. The molecule has 0 amide bonds. The van der Waals surface area contributed by atoms with Crippen LogP contribution in [0.2, 0.25) is 0 Å². The third-order valence-electron chi connectivity index (χ3n) is 5.61. The first-order valence-electron chi connectivity index (χ1n) is 7.09. The number of carbonyl (C=O) groups is 1. The first-order valence-corrected chi connectivity index (χ1v) is 7.09. The molecule has 106 valence electrons. The molecular formula is C15H22O4. The Morgan fingerprint density at radius 3 is 2.58 bits per heavy atom. The molecule has 0 saturated heterocycles. The maximum atomic E-state index is 11.8. The van der Waals surface area contributed by atoms with Gasteiger partial charge in [0.25, 0.3) is 0 Å². The van der Waals surface area contributed by atoms with Crippen LogP contribution in [0.5, 0.6) is 0 Å². The number of hydrogen-bond donors (Lipinski definition) is 2. The number of hydrogen-bond acceptors (Lipinski definition) is 4. The summed E-state index contributed by atoms with van der Waals surface area (Å²) in [6.45, 7) is 6.56. The molecule has 4 nitrogen and oxygen atoms in total. The Balaban J connectivity index is 2.15. The van der Waals surface area contributed by atoms with Crippen LogP contribution in [0.3, 0.4) is 0 Å². The first-order chi connectivity index (χ1) is 8.77. The van der Waals surface area contributed by atoms with Gasteiger partial charge in [-0.05, 0) is 36.0 Å². The summed E-state index contributed by atoms with van der Waals surface area (Å²) >= 11 is 0. The van der Waals surface area contributed by atoms with Crippen molar-refractivity contribution < 1.29 is 19.7 Å². The zero-order valence-corrected chi connectivity index (χ0v) is 11.8. The van der Waals surface area contributed by atoms with Crippen molar-refractivity contribution in [1.29, 1.82) is 0 Å². The molecule has 0 spiro atoms. The smallest absolute Gasteiger partial charge is 0.339 e. The van der Waals surface area contributed by atoms with Crippen molar-refractivity contribution in [3.8, 4) is 0 Å². The number of ether oxygens (including phenoxy) is 1. The van der Waals surface area contributed by atoms with Gasteiger partial charge in [-0.2, -0.15) is 0 Å². The highest BCUT2D eigenvalue weighted by Crippen LogP contribution is 2.61. The van der Waals surface area contributed by atoms with Crippen molar-refractivity contribution >= 4 is 5.97 Å². The Labute approximate surface area is 113 Å². The van der Waals surface area contributed by atoms with E-state index in [4.69, 9.17) is 4.74 Å². The molecule has 1 heterocycles. The Bertz CT molecular complexity index is 465. The topological polar surface area (TPSA) is 66.8 Å². The van der Waals surface area contributed by atoms with Gasteiger partial charge in [-0.15, -0.1) is 0 Å². The monoisotopic (exact) mass is 266 g/mol. The molecule has 1 aliphatic heterocycles. The van der Waals surface area contributed by atoms with Crippen molar-refractivity contribution in [2.24, 2.45) is 16.7 Å². The number of rotatable bonds is 0. The molecule has 2 N–H and O–H groups in total. The molecule has 0 bridgehead atoms. The highest BCUT2D eigenvalue weighted by Gasteiger charge is 2.58. The van der Waals surface area contributed by atoms with Gasteiger partial charge < -0.3 is 14.9 Å². The molecule has 1 saturated carbocycles. The zero-order chi connectivity index (χ0) is 14.0. The number of cyclic esters (lactones) is 1. The number of aliphatic hydroxyl groups excluding tert-OH is 2. The van der Waals surface area contributed by atoms with E-state index in [2.05, 4.69) is 20.8 Å². The lowest BCUT2D eigenvalue weighted by atomic mass is 9.50. The van der Waals surface area contributed by atoms with Crippen molar-refractivity contribution in [2.75, 3.05) is 0 Å². The van der Waals surface area contributed by atoms with E-state index in [-0.39, 0.29) is 16.7 Å². The van der Waals surface area contributed by atoms with Crippen molar-refractivity contribution in [2.45, 2.75) is 58.8 Å². The summed E-state index contributed by atoms with van der Waals surface area (Å²) in [5, 5.41) is 20.4. The first kappa shape index (κ1) is 13.1. The van der Waals surface area contributed by atoms with Crippen LogP contribution in [-0.4, -0.2) is 28.6 Å². The van der Waals surface area contributed by atoms with Gasteiger partial charge in [0, 0.05) is 5.57 Å². The van der Waals surface area contributed by atoms with Crippen LogP contribution in [0.1, 0.15) is 46.5 Å². The van der Waals surface area contributed by atoms with Gasteiger partial charge in [0.1, 0.15) is 0 Å². The molecule has 19 heavy (non-hydrogen) atoms. The second kappa shape index (κ2) is 3.83. The third-order valence-corrected chi connectivity index (χ3v) is 5.61. The Morgan fingerprint density at radius 2 is 1.89 bits per heavy atom. The Hall–Kier alpha value is -0.870. The fraction of sp³-hybridized carbons (Fsp3) is 0.800. The van der Waals surface area contributed by atoms with E-state index < -0.39 is 18.4 Å². The van der Waals surface area contributed by atoms with Gasteiger partial charge in [0.15, 0.2) is 0 Å². The van der Waals surface area contributed by atoms with Gasteiger partial charge in [-0.1, -0.05) is 27.2 Å². The summed E-state index contributed by atoms with van der Waals surface area (Å²) < 4.78 is 4.94. The fourth-order valence-electron chi connectivity index (χ4n) is 4.74. The van der Waals surface area contributed by atoms with Gasteiger partial charge in [0.2, 0.25) is 6.29 Å². The van der Waals surface area contributed by atoms with Crippen LogP contribution in [0.15, 0.2) is 11.1 Å². The number of fused-ring (bicyclic) bond motifs is 2. The number of esters is 1. The molecule has 4 atom stereocenters. The molecule has 0 aromatic rings. The second-order valence-electron chi connectivity index (χ2n) is 7.15. The molecule has 1 fully saturated rings. The lowest BCUT2D eigenvalue weighted by Gasteiger charge is -2.54. The van der Waals surface area contributed by atoms with E-state index in [1.807, 2.05) is 0 Å². The predicted molar refractivity (Wildman–Crippen MR) is 69.0 cm³/mol. The number of carbonyl (C=O) groups excluding carboxylic acids is 1. The summed E-state index contributed by atoms with van der Waals surface area (Å²) in [6, 6.07) is 0. The average Bonchev–Trinajstić information content (AvgIpc) is 2.59. The lowest BCUT2D eigenvalue weighted by molar-refractivity contribution is -0.153. The molecule has 2 aliphatic carbocycles. The third kappa shape index (κ3) is 1.62. The molecule has 0 unspecified atom stereocenters. The van der Waals surface area contributed by atoms with Gasteiger partial charge in [-0.25, -0.2) is 4.79 Å². The fourth-order valence-corrected chi connectivity index (χ4v) is 4.74. The minimum Gasteiger partial charge on any atom is -0.428 e. The van der Waals surface area contributed by atoms with E-state index in [9.17, 15) is 15.0 Å². The Kier molecular flexibility index (Phi) is 2.64. The molecular weight excluding hydrogens is 244 g/mol. The molecule has 3 aliphatic rings. The van der Waals surface area contributed by atoms with E-state index in [1.165, 1.54) is 0 Å². The highest BCUT2D eigenvalue weighted by atomic mass is 16.6. The van der Waals surface area contributed by atoms with Gasteiger partial charge in [-0.3, -0.25) is 0 Å².